The van der Waals surface area contributed by atoms with Crippen molar-refractivity contribution in [2.45, 2.75) is 103 Å². The number of hydrogen-bond donors (Lipinski definition) is 1. The van der Waals surface area contributed by atoms with E-state index in [1.807, 2.05) is 16.8 Å². The van der Waals surface area contributed by atoms with Crippen LogP contribution < -0.4 is 10.1 Å². The SMILES string of the molecule is CC(C)(C)OC(=O)NC1(C(=O)CCCCn2cc(-c3ccc(OC(F)(F)F)cc3)c3cc(C=O)ccc32)CCN(C(=O)OC(C)(C)C)CC1. The number of fused-ring (bicyclic) bond motifs is 1. The number of halogens is 3. The van der Waals surface area contributed by atoms with Gasteiger partial charge >= 0.3 is 18.5 Å². The summed E-state index contributed by atoms with van der Waals surface area (Å²) in [7, 11) is 0. The van der Waals surface area contributed by atoms with Gasteiger partial charge in [-0.25, -0.2) is 9.59 Å². The van der Waals surface area contributed by atoms with Crippen LogP contribution in [0.3, 0.4) is 0 Å². The highest BCUT2D eigenvalue weighted by atomic mass is 19.4. The molecule has 3 aromatic rings. The number of likely N-dealkylation sites (tertiary alicyclic amines) is 1. The first-order valence-corrected chi connectivity index (χ1v) is 16.2. The molecule has 0 unspecified atom stereocenters. The number of rotatable bonds is 10. The Kier molecular flexibility index (Phi) is 11.0. The van der Waals surface area contributed by atoms with Gasteiger partial charge < -0.3 is 29.0 Å². The van der Waals surface area contributed by atoms with Crippen molar-refractivity contribution in [1.29, 1.82) is 0 Å². The number of aryl methyl sites for hydroxylation is 1. The number of benzene rings is 2. The molecule has 0 bridgehead atoms. The van der Waals surface area contributed by atoms with Crippen molar-refractivity contribution in [2.75, 3.05) is 13.1 Å². The Labute approximate surface area is 283 Å². The van der Waals surface area contributed by atoms with Crippen LogP contribution in [0.4, 0.5) is 22.8 Å². The van der Waals surface area contributed by atoms with Gasteiger partial charge in [0.25, 0.3) is 0 Å². The molecule has 0 radical (unpaired) electrons. The number of amides is 2. The lowest BCUT2D eigenvalue weighted by molar-refractivity contribution is -0.274. The molecule has 0 saturated carbocycles. The van der Waals surface area contributed by atoms with Gasteiger partial charge in [-0.15, -0.1) is 13.2 Å². The van der Waals surface area contributed by atoms with Crippen LogP contribution >= 0.6 is 0 Å². The molecule has 1 saturated heterocycles. The van der Waals surface area contributed by atoms with Crippen LogP contribution in [0.15, 0.2) is 48.7 Å². The van der Waals surface area contributed by atoms with Crippen LogP contribution in [-0.2, 0) is 20.8 Å². The summed E-state index contributed by atoms with van der Waals surface area (Å²) in [4.78, 5) is 52.4. The zero-order valence-corrected chi connectivity index (χ0v) is 28.7. The quantitative estimate of drug-likeness (QED) is 0.169. The molecule has 10 nitrogen and oxygen atoms in total. The summed E-state index contributed by atoms with van der Waals surface area (Å²) in [6.07, 6.45) is -1.70. The molecule has 13 heteroatoms. The summed E-state index contributed by atoms with van der Waals surface area (Å²) in [6, 6.07) is 10.8. The molecular weight excluding hydrogens is 643 g/mol. The minimum Gasteiger partial charge on any atom is -0.444 e. The maximum atomic E-state index is 13.8. The fourth-order valence-corrected chi connectivity index (χ4v) is 5.82. The minimum absolute atomic E-state index is 0.156. The lowest BCUT2D eigenvalue weighted by Crippen LogP contribution is -2.61. The summed E-state index contributed by atoms with van der Waals surface area (Å²) in [6.45, 7) is 11.5. The topological polar surface area (TPSA) is 116 Å². The molecule has 1 aliphatic heterocycles. The van der Waals surface area contributed by atoms with Crippen molar-refractivity contribution in [3.63, 3.8) is 0 Å². The number of carbonyl (C=O) groups is 4. The third-order valence-corrected chi connectivity index (χ3v) is 8.04. The number of unbranched alkanes of at least 4 members (excludes halogenated alkanes) is 1. The van der Waals surface area contributed by atoms with E-state index >= 15 is 0 Å². The molecule has 1 aromatic heterocycles. The van der Waals surface area contributed by atoms with Gasteiger partial charge in [0.1, 0.15) is 28.8 Å². The first-order chi connectivity index (χ1) is 22.8. The number of aromatic nitrogens is 1. The lowest BCUT2D eigenvalue weighted by Gasteiger charge is -2.41. The van der Waals surface area contributed by atoms with Crippen LogP contribution in [-0.4, -0.2) is 69.9 Å². The Balaban J connectivity index is 1.47. The molecule has 49 heavy (non-hydrogen) atoms. The largest absolute Gasteiger partial charge is 0.573 e. The van der Waals surface area contributed by atoms with Crippen molar-refractivity contribution < 1.29 is 46.6 Å². The van der Waals surface area contributed by atoms with Crippen molar-refractivity contribution in [1.82, 2.24) is 14.8 Å². The van der Waals surface area contributed by atoms with Crippen molar-refractivity contribution in [3.8, 4) is 16.9 Å². The van der Waals surface area contributed by atoms with Crippen LogP contribution in [0.2, 0.25) is 0 Å². The average molecular weight is 688 g/mol. The smallest absolute Gasteiger partial charge is 0.444 e. The van der Waals surface area contributed by atoms with E-state index in [9.17, 15) is 32.3 Å². The van der Waals surface area contributed by atoms with E-state index in [-0.39, 0.29) is 43.9 Å². The van der Waals surface area contributed by atoms with Crippen LogP contribution in [0, 0.1) is 0 Å². The lowest BCUT2D eigenvalue weighted by atomic mass is 9.81. The van der Waals surface area contributed by atoms with Crippen molar-refractivity contribution >= 4 is 35.2 Å². The summed E-state index contributed by atoms with van der Waals surface area (Å²) in [5, 5.41) is 3.59. The fraction of sp³-hybridized carbons (Fsp3) is 0.500. The third-order valence-electron chi connectivity index (χ3n) is 8.04. The molecule has 0 spiro atoms. The number of alkyl halides is 3. The van der Waals surface area contributed by atoms with Crippen molar-refractivity contribution in [3.05, 3.63) is 54.2 Å². The van der Waals surface area contributed by atoms with Gasteiger partial charge in [0.15, 0.2) is 5.78 Å². The number of nitrogens with zero attached hydrogens (tertiary/aromatic N) is 2. The number of alkyl carbamates (subject to hydrolysis) is 1. The Bertz CT molecular complexity index is 1660. The number of hydrogen-bond acceptors (Lipinski definition) is 7. The van der Waals surface area contributed by atoms with Gasteiger partial charge in [0.2, 0.25) is 0 Å². The molecule has 4 rings (SSSR count). The molecule has 2 heterocycles. The first-order valence-electron chi connectivity index (χ1n) is 16.2. The number of aldehydes is 1. The van der Waals surface area contributed by atoms with Crippen LogP contribution in [0.25, 0.3) is 22.0 Å². The number of Topliss-reactive ketones (excluding diaryl/α,β-unsaturated/α-hetero) is 1. The number of carbonyl (C=O) groups excluding carboxylic acids is 4. The predicted molar refractivity (Wildman–Crippen MR) is 177 cm³/mol. The first kappa shape index (κ1) is 37.3. The van der Waals surface area contributed by atoms with E-state index in [1.165, 1.54) is 29.2 Å². The summed E-state index contributed by atoms with van der Waals surface area (Å²) in [5.74, 6) is -0.496. The maximum absolute atomic E-state index is 13.8. The Morgan fingerprint density at radius 1 is 0.898 bits per heavy atom. The zero-order chi connectivity index (χ0) is 36.2. The number of piperidine rings is 1. The second-order valence-corrected chi connectivity index (χ2v) is 14.3. The maximum Gasteiger partial charge on any atom is 0.573 e. The molecular formula is C36H44F3N3O7. The van der Waals surface area contributed by atoms with E-state index < -0.39 is 35.3 Å². The molecule has 266 valence electrons. The normalized spacial score (nSPS) is 15.1. The molecule has 1 aliphatic rings. The van der Waals surface area contributed by atoms with Gasteiger partial charge in [-0.05, 0) is 103 Å². The molecule has 2 aromatic carbocycles. The Morgan fingerprint density at radius 3 is 2.10 bits per heavy atom. The van der Waals surface area contributed by atoms with E-state index in [0.717, 1.165) is 22.8 Å². The summed E-state index contributed by atoms with van der Waals surface area (Å²) in [5.41, 5.74) is -0.00391. The van der Waals surface area contributed by atoms with E-state index in [2.05, 4.69) is 10.1 Å². The third kappa shape index (κ3) is 10.2. The Hall–Kier alpha value is -4.55. The fourth-order valence-electron chi connectivity index (χ4n) is 5.82. The molecule has 1 fully saturated rings. The van der Waals surface area contributed by atoms with E-state index in [4.69, 9.17) is 9.47 Å². The highest BCUT2D eigenvalue weighted by molar-refractivity contribution is 5.99. The molecule has 1 N–H and O–H groups in total. The van der Waals surface area contributed by atoms with Gasteiger partial charge in [0, 0.05) is 54.3 Å². The monoisotopic (exact) mass is 687 g/mol. The molecule has 0 atom stereocenters. The zero-order valence-electron chi connectivity index (χ0n) is 28.7. The summed E-state index contributed by atoms with van der Waals surface area (Å²) >= 11 is 0. The highest BCUT2D eigenvalue weighted by Crippen LogP contribution is 2.34. The predicted octanol–water partition coefficient (Wildman–Crippen LogP) is 8.05. The van der Waals surface area contributed by atoms with Gasteiger partial charge in [-0.2, -0.15) is 0 Å². The second kappa shape index (κ2) is 14.5. The van der Waals surface area contributed by atoms with Gasteiger partial charge in [-0.3, -0.25) is 9.59 Å². The van der Waals surface area contributed by atoms with Crippen LogP contribution in [0.5, 0.6) is 5.75 Å². The minimum atomic E-state index is -4.80. The second-order valence-electron chi connectivity index (χ2n) is 14.3. The van der Waals surface area contributed by atoms with E-state index in [0.29, 0.717) is 30.5 Å². The standard InChI is InChI=1S/C36H44F3N3O7/c1-33(2,3)48-31(45)40-35(16-19-41(20-17-35)32(46)49-34(4,5)6)30(44)9-7-8-18-42-22-28(27-21-24(23-43)10-15-29(27)42)25-11-13-26(14-12-25)47-36(37,38)39/h10-15,21-23H,7-9,16-20H2,1-6H3,(H,40,45). The number of ether oxygens (including phenoxy) is 3. The highest BCUT2D eigenvalue weighted by Gasteiger charge is 2.44. The van der Waals surface area contributed by atoms with Gasteiger partial charge in [-0.1, -0.05) is 12.1 Å². The van der Waals surface area contributed by atoms with Gasteiger partial charge in [0.05, 0.1) is 0 Å². The molecule has 0 aliphatic carbocycles. The number of nitrogens with one attached hydrogen (secondary N) is 1. The molecule has 2 amide bonds. The van der Waals surface area contributed by atoms with E-state index in [1.54, 1.807) is 53.7 Å². The number of ketones is 1. The van der Waals surface area contributed by atoms with Crippen LogP contribution in [0.1, 0.15) is 84.0 Å². The Morgan fingerprint density at radius 2 is 1.53 bits per heavy atom. The average Bonchev–Trinajstić information content (AvgIpc) is 3.34. The summed E-state index contributed by atoms with van der Waals surface area (Å²) < 4.78 is 55.0. The van der Waals surface area contributed by atoms with Crippen molar-refractivity contribution in [2.24, 2.45) is 0 Å².